The van der Waals surface area contributed by atoms with Crippen molar-refractivity contribution in [2.75, 3.05) is 26.3 Å². The van der Waals surface area contributed by atoms with Crippen molar-refractivity contribution in [3.05, 3.63) is 40.2 Å². The summed E-state index contributed by atoms with van der Waals surface area (Å²) in [6.45, 7) is 3.99. The molecule has 4 rings (SSSR count). The molecule has 2 saturated heterocycles. The minimum absolute atomic E-state index is 0.345. The smallest absolute Gasteiger partial charge is 0.227 e. The standard InChI is InChI=1S/C17H18Cl2N2O3/c18-12-1-2-14(15(19)9-12)16-20-13(11-22-16)10-21-5-3-17(4-6-21)23-7-8-24-17/h1-2,9,11H,3-8,10H2. The number of piperidine rings is 1. The number of oxazole rings is 1. The zero-order valence-electron chi connectivity index (χ0n) is 13.1. The minimum atomic E-state index is -0.345. The van der Waals surface area contributed by atoms with Crippen LogP contribution in [0.25, 0.3) is 11.5 Å². The molecule has 0 atom stereocenters. The Labute approximate surface area is 150 Å². The van der Waals surface area contributed by atoms with Gasteiger partial charge in [0, 0.05) is 37.5 Å². The quantitative estimate of drug-likeness (QED) is 0.819. The third-order valence-corrected chi connectivity index (χ3v) is 5.08. The maximum Gasteiger partial charge on any atom is 0.227 e. The van der Waals surface area contributed by atoms with Gasteiger partial charge in [-0.1, -0.05) is 23.2 Å². The number of benzene rings is 1. The summed E-state index contributed by atoms with van der Waals surface area (Å²) in [5.41, 5.74) is 1.64. The molecule has 0 bridgehead atoms. The van der Waals surface area contributed by atoms with E-state index in [1.54, 1.807) is 18.4 Å². The number of rotatable bonds is 3. The molecule has 0 N–H and O–H groups in total. The van der Waals surface area contributed by atoms with E-state index in [2.05, 4.69) is 9.88 Å². The second kappa shape index (κ2) is 6.65. The topological polar surface area (TPSA) is 47.7 Å². The molecule has 0 aliphatic carbocycles. The zero-order chi connectivity index (χ0) is 16.6. The van der Waals surface area contributed by atoms with Gasteiger partial charge in [-0.05, 0) is 18.2 Å². The van der Waals surface area contributed by atoms with Crippen LogP contribution < -0.4 is 0 Å². The maximum atomic E-state index is 6.21. The molecule has 2 aliphatic heterocycles. The highest BCUT2D eigenvalue weighted by molar-refractivity contribution is 6.36. The fourth-order valence-electron chi connectivity index (χ4n) is 3.23. The van der Waals surface area contributed by atoms with Crippen LogP contribution in [-0.4, -0.2) is 42.0 Å². The van der Waals surface area contributed by atoms with Crippen LogP contribution in [0.15, 0.2) is 28.9 Å². The Kier molecular flexibility index (Phi) is 4.54. The molecule has 0 saturated carbocycles. The Morgan fingerprint density at radius 3 is 2.58 bits per heavy atom. The number of hydrogen-bond donors (Lipinski definition) is 0. The normalized spacial score (nSPS) is 20.8. The molecule has 7 heteroatoms. The van der Waals surface area contributed by atoms with Crippen molar-refractivity contribution in [1.29, 1.82) is 0 Å². The molecule has 0 radical (unpaired) electrons. The summed E-state index contributed by atoms with van der Waals surface area (Å²) in [5.74, 6) is 0.171. The summed E-state index contributed by atoms with van der Waals surface area (Å²) >= 11 is 12.1. The van der Waals surface area contributed by atoms with Gasteiger partial charge in [-0.2, -0.15) is 0 Å². The van der Waals surface area contributed by atoms with E-state index in [1.165, 1.54) is 0 Å². The SMILES string of the molecule is Clc1ccc(-c2nc(CN3CCC4(CC3)OCCO4)co2)c(Cl)c1. The lowest BCUT2D eigenvalue weighted by Crippen LogP contribution is -2.44. The van der Waals surface area contributed by atoms with Gasteiger partial charge in [-0.25, -0.2) is 4.98 Å². The Bertz CT molecular complexity index is 718. The molecular weight excluding hydrogens is 351 g/mol. The summed E-state index contributed by atoms with van der Waals surface area (Å²) in [5, 5.41) is 1.13. The Hall–Kier alpha value is -1.11. The fraction of sp³-hybridized carbons (Fsp3) is 0.471. The predicted octanol–water partition coefficient (Wildman–Crippen LogP) is 3.99. The first-order valence-electron chi connectivity index (χ1n) is 8.04. The van der Waals surface area contributed by atoms with Crippen LogP contribution >= 0.6 is 23.2 Å². The van der Waals surface area contributed by atoms with E-state index in [9.17, 15) is 0 Å². The van der Waals surface area contributed by atoms with E-state index in [4.69, 9.17) is 37.1 Å². The van der Waals surface area contributed by atoms with Crippen LogP contribution in [0.4, 0.5) is 0 Å². The van der Waals surface area contributed by atoms with Gasteiger partial charge in [-0.15, -0.1) is 0 Å². The number of hydrogen-bond acceptors (Lipinski definition) is 5. The highest BCUT2D eigenvalue weighted by Crippen LogP contribution is 2.33. The molecular formula is C17H18Cl2N2O3. The number of likely N-dealkylation sites (tertiary alicyclic amines) is 1. The monoisotopic (exact) mass is 368 g/mol. The molecule has 1 spiro atoms. The molecule has 2 aromatic rings. The average Bonchev–Trinajstić information content (AvgIpc) is 3.20. The first-order chi connectivity index (χ1) is 11.6. The average molecular weight is 369 g/mol. The first-order valence-corrected chi connectivity index (χ1v) is 8.79. The van der Waals surface area contributed by atoms with Gasteiger partial charge in [0.05, 0.1) is 29.5 Å². The minimum Gasteiger partial charge on any atom is -0.444 e. The Balaban J connectivity index is 1.41. The number of nitrogens with zero attached hydrogens (tertiary/aromatic N) is 2. The summed E-state index contributed by atoms with van der Waals surface area (Å²) in [6, 6.07) is 5.28. The lowest BCUT2D eigenvalue weighted by Gasteiger charge is -2.37. The van der Waals surface area contributed by atoms with Gasteiger partial charge >= 0.3 is 0 Å². The molecule has 24 heavy (non-hydrogen) atoms. The van der Waals surface area contributed by atoms with Crippen molar-refractivity contribution < 1.29 is 13.9 Å². The lowest BCUT2D eigenvalue weighted by atomic mass is 10.0. The van der Waals surface area contributed by atoms with Crippen LogP contribution in [0.5, 0.6) is 0 Å². The molecule has 128 valence electrons. The van der Waals surface area contributed by atoms with Crippen molar-refractivity contribution in [2.24, 2.45) is 0 Å². The van der Waals surface area contributed by atoms with Crippen LogP contribution in [0, 0.1) is 0 Å². The van der Waals surface area contributed by atoms with Crippen molar-refractivity contribution in [3.8, 4) is 11.5 Å². The van der Waals surface area contributed by atoms with E-state index in [0.717, 1.165) is 43.7 Å². The van der Waals surface area contributed by atoms with Crippen molar-refractivity contribution in [3.63, 3.8) is 0 Å². The molecule has 1 aromatic heterocycles. The second-order valence-electron chi connectivity index (χ2n) is 6.15. The second-order valence-corrected chi connectivity index (χ2v) is 7.00. The van der Waals surface area contributed by atoms with E-state index >= 15 is 0 Å². The number of halogens is 2. The van der Waals surface area contributed by atoms with Crippen LogP contribution in [0.1, 0.15) is 18.5 Å². The van der Waals surface area contributed by atoms with Crippen LogP contribution in [0.3, 0.4) is 0 Å². The molecule has 2 aliphatic rings. The summed E-state index contributed by atoms with van der Waals surface area (Å²) < 4.78 is 17.1. The third-order valence-electron chi connectivity index (χ3n) is 4.53. The summed E-state index contributed by atoms with van der Waals surface area (Å²) in [7, 11) is 0. The predicted molar refractivity (Wildman–Crippen MR) is 91.1 cm³/mol. The van der Waals surface area contributed by atoms with Crippen molar-refractivity contribution >= 4 is 23.2 Å². The van der Waals surface area contributed by atoms with Gasteiger partial charge in [0.25, 0.3) is 0 Å². The van der Waals surface area contributed by atoms with Gasteiger partial charge in [-0.3, -0.25) is 4.90 Å². The van der Waals surface area contributed by atoms with Gasteiger partial charge in [0.1, 0.15) is 6.26 Å². The van der Waals surface area contributed by atoms with Crippen molar-refractivity contribution in [2.45, 2.75) is 25.2 Å². The fourth-order valence-corrected chi connectivity index (χ4v) is 3.72. The lowest BCUT2D eigenvalue weighted by molar-refractivity contribution is -0.185. The van der Waals surface area contributed by atoms with E-state index in [-0.39, 0.29) is 5.79 Å². The van der Waals surface area contributed by atoms with E-state index in [0.29, 0.717) is 29.1 Å². The van der Waals surface area contributed by atoms with Gasteiger partial charge in [0.2, 0.25) is 5.89 Å². The van der Waals surface area contributed by atoms with Crippen molar-refractivity contribution in [1.82, 2.24) is 9.88 Å². The van der Waals surface area contributed by atoms with E-state index in [1.807, 2.05) is 6.07 Å². The third kappa shape index (κ3) is 3.32. The highest BCUT2D eigenvalue weighted by atomic mass is 35.5. The Morgan fingerprint density at radius 2 is 1.88 bits per heavy atom. The molecule has 1 aromatic carbocycles. The first kappa shape index (κ1) is 16.4. The largest absolute Gasteiger partial charge is 0.444 e. The van der Waals surface area contributed by atoms with Crippen LogP contribution in [-0.2, 0) is 16.0 Å². The summed E-state index contributed by atoms with van der Waals surface area (Å²) in [4.78, 5) is 6.89. The highest BCUT2D eigenvalue weighted by Gasteiger charge is 2.39. The number of ether oxygens (including phenoxy) is 2. The van der Waals surface area contributed by atoms with Gasteiger partial charge in [0.15, 0.2) is 5.79 Å². The van der Waals surface area contributed by atoms with Gasteiger partial charge < -0.3 is 13.9 Å². The van der Waals surface area contributed by atoms with E-state index < -0.39 is 0 Å². The molecule has 0 unspecified atom stereocenters. The molecule has 5 nitrogen and oxygen atoms in total. The molecule has 2 fully saturated rings. The molecule has 3 heterocycles. The Morgan fingerprint density at radius 1 is 1.12 bits per heavy atom. The molecule has 0 amide bonds. The number of aromatic nitrogens is 1. The van der Waals surface area contributed by atoms with Crippen LogP contribution in [0.2, 0.25) is 10.0 Å². The maximum absolute atomic E-state index is 6.21. The summed E-state index contributed by atoms with van der Waals surface area (Å²) in [6.07, 6.45) is 3.47. The zero-order valence-corrected chi connectivity index (χ0v) is 14.6.